The highest BCUT2D eigenvalue weighted by atomic mass is 19.1. The lowest BCUT2D eigenvalue weighted by Gasteiger charge is -2.16. The number of nitrogens with two attached hydrogens (primary N) is 1. The molecule has 0 bridgehead atoms. The average Bonchev–Trinajstić information content (AvgIpc) is 2.28. The first-order valence-electron chi connectivity index (χ1n) is 4.68. The van der Waals surface area contributed by atoms with Crippen LogP contribution in [0.4, 0.5) is 10.1 Å². The Hall–Kier alpha value is -2.60. The molecule has 0 heterocycles. The number of halogens is 1. The highest BCUT2D eigenvalue weighted by Crippen LogP contribution is 2.15. The summed E-state index contributed by atoms with van der Waals surface area (Å²) in [6.45, 7) is -0.438. The van der Waals surface area contributed by atoms with Crippen molar-refractivity contribution in [1.29, 1.82) is 10.5 Å². The molecule has 0 radical (unpaired) electrons. The lowest BCUT2D eigenvalue weighted by molar-refractivity contribution is 0.0795. The van der Waals surface area contributed by atoms with E-state index >= 15 is 0 Å². The maximum atomic E-state index is 12.8. The van der Waals surface area contributed by atoms with Crippen LogP contribution in [0.1, 0.15) is 10.4 Å². The van der Waals surface area contributed by atoms with E-state index < -0.39 is 11.7 Å². The highest BCUT2D eigenvalue weighted by molar-refractivity contribution is 5.99. The van der Waals surface area contributed by atoms with Crippen molar-refractivity contribution < 1.29 is 9.18 Å². The lowest BCUT2D eigenvalue weighted by atomic mass is 10.1. The standard InChI is InChI=1S/C11H9FN4O/c12-8-1-2-9(10(15)7-8)11(17)16(5-3-13)6-4-14/h1-2,7H,5-6,15H2. The van der Waals surface area contributed by atoms with Gasteiger partial charge in [0, 0.05) is 5.69 Å². The Morgan fingerprint density at radius 3 is 2.41 bits per heavy atom. The summed E-state index contributed by atoms with van der Waals surface area (Å²) in [6, 6.07) is 6.89. The summed E-state index contributed by atoms with van der Waals surface area (Å²) >= 11 is 0. The molecule has 0 aliphatic heterocycles. The molecule has 1 amide bonds. The first-order valence-corrected chi connectivity index (χ1v) is 4.68. The van der Waals surface area contributed by atoms with E-state index in [9.17, 15) is 9.18 Å². The number of hydrogen-bond acceptors (Lipinski definition) is 4. The average molecular weight is 232 g/mol. The fourth-order valence-corrected chi connectivity index (χ4v) is 1.27. The Labute approximate surface area is 97.5 Å². The molecule has 0 aliphatic carbocycles. The summed E-state index contributed by atoms with van der Waals surface area (Å²) in [6.07, 6.45) is 0. The van der Waals surface area contributed by atoms with Crippen molar-refractivity contribution in [3.8, 4) is 12.1 Å². The van der Waals surface area contributed by atoms with Gasteiger partial charge in [0.2, 0.25) is 0 Å². The minimum absolute atomic E-state index is 0.0177. The first kappa shape index (κ1) is 12.5. The predicted octanol–water partition coefficient (Wildman–Crippen LogP) is 0.897. The number of anilines is 1. The van der Waals surface area contributed by atoms with Gasteiger partial charge in [0.25, 0.3) is 5.91 Å². The maximum absolute atomic E-state index is 12.8. The van der Waals surface area contributed by atoms with Gasteiger partial charge in [0.05, 0.1) is 17.7 Å². The molecule has 17 heavy (non-hydrogen) atoms. The number of carbonyl (C=O) groups is 1. The minimum Gasteiger partial charge on any atom is -0.398 e. The van der Waals surface area contributed by atoms with Crippen molar-refractivity contribution >= 4 is 11.6 Å². The van der Waals surface area contributed by atoms with Crippen LogP contribution in [0, 0.1) is 28.5 Å². The molecular weight excluding hydrogens is 223 g/mol. The van der Waals surface area contributed by atoms with Crippen LogP contribution in [0.2, 0.25) is 0 Å². The smallest absolute Gasteiger partial charge is 0.257 e. The summed E-state index contributed by atoms with van der Waals surface area (Å²) < 4.78 is 12.8. The van der Waals surface area contributed by atoms with Crippen LogP contribution in [-0.4, -0.2) is 23.9 Å². The number of nitrogen functional groups attached to an aromatic ring is 1. The third-order valence-corrected chi connectivity index (χ3v) is 2.05. The second-order valence-corrected chi connectivity index (χ2v) is 3.21. The molecule has 5 nitrogen and oxygen atoms in total. The van der Waals surface area contributed by atoms with Crippen molar-refractivity contribution in [1.82, 2.24) is 4.90 Å². The van der Waals surface area contributed by atoms with Crippen LogP contribution in [0.5, 0.6) is 0 Å². The van der Waals surface area contributed by atoms with E-state index in [0.717, 1.165) is 17.0 Å². The SMILES string of the molecule is N#CCN(CC#N)C(=O)c1ccc(F)cc1N. The third kappa shape index (κ3) is 2.93. The van der Waals surface area contributed by atoms with Crippen LogP contribution in [0.25, 0.3) is 0 Å². The number of nitriles is 2. The second kappa shape index (κ2) is 5.47. The molecule has 0 saturated carbocycles. The van der Waals surface area contributed by atoms with Gasteiger partial charge in [-0.1, -0.05) is 0 Å². The van der Waals surface area contributed by atoms with Gasteiger partial charge in [-0.2, -0.15) is 10.5 Å². The zero-order chi connectivity index (χ0) is 12.8. The van der Waals surface area contributed by atoms with Gasteiger partial charge >= 0.3 is 0 Å². The number of nitrogens with zero attached hydrogens (tertiary/aromatic N) is 3. The van der Waals surface area contributed by atoms with E-state index in [1.54, 1.807) is 12.1 Å². The summed E-state index contributed by atoms with van der Waals surface area (Å²) in [4.78, 5) is 12.9. The highest BCUT2D eigenvalue weighted by Gasteiger charge is 2.17. The molecule has 6 heteroatoms. The zero-order valence-corrected chi connectivity index (χ0v) is 8.85. The Morgan fingerprint density at radius 2 is 1.94 bits per heavy atom. The lowest BCUT2D eigenvalue weighted by Crippen LogP contribution is -2.32. The topological polar surface area (TPSA) is 93.9 Å². The number of carbonyl (C=O) groups excluding carboxylic acids is 1. The molecular formula is C11H9FN4O. The summed E-state index contributed by atoms with van der Waals surface area (Å²) in [5.74, 6) is -1.11. The molecule has 1 aromatic carbocycles. The van der Waals surface area contributed by atoms with E-state index in [0.29, 0.717) is 0 Å². The van der Waals surface area contributed by atoms with E-state index in [1.807, 2.05) is 0 Å². The van der Waals surface area contributed by atoms with Crippen LogP contribution in [0.15, 0.2) is 18.2 Å². The molecule has 2 N–H and O–H groups in total. The minimum atomic E-state index is -0.564. The van der Waals surface area contributed by atoms with Crippen LogP contribution >= 0.6 is 0 Å². The third-order valence-electron chi connectivity index (χ3n) is 2.05. The molecule has 0 aliphatic rings. The maximum Gasteiger partial charge on any atom is 0.257 e. The van der Waals surface area contributed by atoms with Crippen molar-refractivity contribution in [2.45, 2.75) is 0 Å². The van der Waals surface area contributed by atoms with Gasteiger partial charge < -0.3 is 10.6 Å². The fourth-order valence-electron chi connectivity index (χ4n) is 1.27. The number of benzene rings is 1. The van der Waals surface area contributed by atoms with E-state index in [2.05, 4.69) is 0 Å². The van der Waals surface area contributed by atoms with E-state index in [-0.39, 0.29) is 24.3 Å². The number of amides is 1. The summed E-state index contributed by atoms with van der Waals surface area (Å²) in [5.41, 5.74) is 5.56. The molecule has 0 fully saturated rings. The van der Waals surface area contributed by atoms with Gasteiger partial charge in [0.15, 0.2) is 0 Å². The molecule has 0 unspecified atom stereocenters. The summed E-state index contributed by atoms with van der Waals surface area (Å²) in [5, 5.41) is 17.1. The zero-order valence-electron chi connectivity index (χ0n) is 8.85. The first-order chi connectivity index (χ1) is 8.10. The van der Waals surface area contributed by atoms with Gasteiger partial charge in [-0.25, -0.2) is 4.39 Å². The van der Waals surface area contributed by atoms with Gasteiger partial charge in [0.1, 0.15) is 18.9 Å². The van der Waals surface area contributed by atoms with Crippen LogP contribution < -0.4 is 5.73 Å². The Balaban J connectivity index is 3.02. The number of hydrogen-bond donors (Lipinski definition) is 1. The summed E-state index contributed by atoms with van der Waals surface area (Å²) in [7, 11) is 0. The van der Waals surface area contributed by atoms with Crippen molar-refractivity contribution in [3.63, 3.8) is 0 Å². The van der Waals surface area contributed by atoms with E-state index in [1.165, 1.54) is 6.07 Å². The molecule has 0 saturated heterocycles. The monoisotopic (exact) mass is 232 g/mol. The molecule has 86 valence electrons. The van der Waals surface area contributed by atoms with Gasteiger partial charge in [-0.15, -0.1) is 0 Å². The number of rotatable bonds is 3. The Kier molecular flexibility index (Phi) is 4.02. The molecule has 0 atom stereocenters. The quantitative estimate of drug-likeness (QED) is 0.618. The van der Waals surface area contributed by atoms with Crippen molar-refractivity contribution in [2.75, 3.05) is 18.8 Å². The molecule has 1 rings (SSSR count). The Bertz CT molecular complexity index is 499. The molecule has 0 aromatic heterocycles. The van der Waals surface area contributed by atoms with Crippen molar-refractivity contribution in [3.05, 3.63) is 29.6 Å². The largest absolute Gasteiger partial charge is 0.398 e. The Morgan fingerprint density at radius 1 is 1.35 bits per heavy atom. The normalized spacial score (nSPS) is 9.12. The van der Waals surface area contributed by atoms with Gasteiger partial charge in [-0.3, -0.25) is 4.79 Å². The second-order valence-electron chi connectivity index (χ2n) is 3.21. The van der Waals surface area contributed by atoms with Crippen molar-refractivity contribution in [2.24, 2.45) is 0 Å². The van der Waals surface area contributed by atoms with Crippen LogP contribution in [0.3, 0.4) is 0 Å². The van der Waals surface area contributed by atoms with Gasteiger partial charge in [-0.05, 0) is 18.2 Å². The fraction of sp³-hybridized carbons (Fsp3) is 0.182. The molecule has 1 aromatic rings. The predicted molar refractivity (Wildman–Crippen MR) is 57.9 cm³/mol. The van der Waals surface area contributed by atoms with Crippen LogP contribution in [-0.2, 0) is 0 Å². The van der Waals surface area contributed by atoms with E-state index in [4.69, 9.17) is 16.3 Å². The molecule has 0 spiro atoms.